The second-order valence-corrected chi connectivity index (χ2v) is 6.55. The van der Waals surface area contributed by atoms with Gasteiger partial charge in [0.05, 0.1) is 18.1 Å². The summed E-state index contributed by atoms with van der Waals surface area (Å²) in [6.45, 7) is 0.616. The minimum absolute atomic E-state index is 0.0789. The standard InChI is InChI=1S/C19H21N5O3/c20-17(25)9-14-3-1-2-8-24(14)19(27)13-6-4-12(5-7-13)15-10-22-11-16(23-15)18(21)26/h4-7,10-11,14H,1-3,8-9H2,(H2,20,25)(H2,21,26)/t14-/m0/s1. The van der Waals surface area contributed by atoms with Crippen LogP contribution in [0.3, 0.4) is 0 Å². The smallest absolute Gasteiger partial charge is 0.268 e. The summed E-state index contributed by atoms with van der Waals surface area (Å²) in [6, 6.07) is 6.74. The van der Waals surface area contributed by atoms with E-state index in [4.69, 9.17) is 11.5 Å². The molecular formula is C19H21N5O3. The summed E-state index contributed by atoms with van der Waals surface area (Å²) in [5.74, 6) is -1.17. The van der Waals surface area contributed by atoms with Gasteiger partial charge < -0.3 is 16.4 Å². The number of nitrogens with zero attached hydrogens (tertiary/aromatic N) is 3. The van der Waals surface area contributed by atoms with E-state index in [0.29, 0.717) is 17.8 Å². The average Bonchev–Trinajstić information content (AvgIpc) is 2.67. The molecule has 0 aliphatic carbocycles. The molecule has 140 valence electrons. The topological polar surface area (TPSA) is 132 Å². The molecule has 8 heteroatoms. The molecule has 2 heterocycles. The van der Waals surface area contributed by atoms with Crippen LogP contribution in [-0.4, -0.2) is 45.2 Å². The minimum Gasteiger partial charge on any atom is -0.370 e. The van der Waals surface area contributed by atoms with Crippen molar-refractivity contribution in [2.45, 2.75) is 31.7 Å². The number of carbonyl (C=O) groups is 3. The molecule has 3 amide bonds. The molecule has 8 nitrogen and oxygen atoms in total. The first-order valence-corrected chi connectivity index (χ1v) is 8.77. The first-order chi connectivity index (χ1) is 13.0. The first-order valence-electron chi connectivity index (χ1n) is 8.77. The van der Waals surface area contributed by atoms with Crippen molar-refractivity contribution in [1.82, 2.24) is 14.9 Å². The van der Waals surface area contributed by atoms with E-state index in [1.165, 1.54) is 12.4 Å². The zero-order valence-corrected chi connectivity index (χ0v) is 14.8. The number of likely N-dealkylation sites (tertiary alicyclic amines) is 1. The predicted octanol–water partition coefficient (Wildman–Crippen LogP) is 1.11. The van der Waals surface area contributed by atoms with Crippen LogP contribution in [0.2, 0.25) is 0 Å². The van der Waals surface area contributed by atoms with E-state index in [9.17, 15) is 14.4 Å². The molecule has 4 N–H and O–H groups in total. The number of amides is 3. The number of hydrogen-bond acceptors (Lipinski definition) is 5. The number of carbonyl (C=O) groups excluding carboxylic acids is 3. The van der Waals surface area contributed by atoms with Gasteiger partial charge in [0.25, 0.3) is 11.8 Å². The summed E-state index contributed by atoms with van der Waals surface area (Å²) in [5.41, 5.74) is 12.4. The summed E-state index contributed by atoms with van der Waals surface area (Å²) >= 11 is 0. The molecular weight excluding hydrogens is 346 g/mol. The lowest BCUT2D eigenvalue weighted by molar-refractivity contribution is -0.119. The Hall–Kier alpha value is -3.29. The van der Waals surface area contributed by atoms with Crippen LogP contribution in [0.1, 0.15) is 46.5 Å². The highest BCUT2D eigenvalue weighted by Crippen LogP contribution is 2.23. The maximum absolute atomic E-state index is 12.9. The fourth-order valence-corrected chi connectivity index (χ4v) is 3.29. The van der Waals surface area contributed by atoms with E-state index in [1.807, 2.05) is 0 Å². The van der Waals surface area contributed by atoms with E-state index >= 15 is 0 Å². The highest BCUT2D eigenvalue weighted by atomic mass is 16.2. The molecule has 1 saturated heterocycles. The maximum Gasteiger partial charge on any atom is 0.268 e. The maximum atomic E-state index is 12.9. The zero-order valence-electron chi connectivity index (χ0n) is 14.8. The fourth-order valence-electron chi connectivity index (χ4n) is 3.29. The summed E-state index contributed by atoms with van der Waals surface area (Å²) < 4.78 is 0. The highest BCUT2D eigenvalue weighted by molar-refractivity contribution is 5.95. The number of primary amides is 2. The Morgan fingerprint density at radius 1 is 1.07 bits per heavy atom. The predicted molar refractivity (Wildman–Crippen MR) is 98.5 cm³/mol. The van der Waals surface area contributed by atoms with E-state index in [-0.39, 0.29) is 24.1 Å². The number of benzene rings is 1. The van der Waals surface area contributed by atoms with Gasteiger partial charge in [-0.1, -0.05) is 12.1 Å². The molecule has 0 radical (unpaired) electrons. The minimum atomic E-state index is -0.651. The van der Waals surface area contributed by atoms with Crippen molar-refractivity contribution in [2.24, 2.45) is 11.5 Å². The van der Waals surface area contributed by atoms with Gasteiger partial charge in [-0.15, -0.1) is 0 Å². The molecule has 1 aromatic heterocycles. The molecule has 1 aliphatic heterocycles. The highest BCUT2D eigenvalue weighted by Gasteiger charge is 2.28. The van der Waals surface area contributed by atoms with Gasteiger partial charge >= 0.3 is 0 Å². The summed E-state index contributed by atoms with van der Waals surface area (Å²) in [7, 11) is 0. The van der Waals surface area contributed by atoms with Crippen molar-refractivity contribution in [2.75, 3.05) is 6.54 Å². The van der Waals surface area contributed by atoms with Crippen LogP contribution in [-0.2, 0) is 4.79 Å². The van der Waals surface area contributed by atoms with Crippen molar-refractivity contribution in [1.29, 1.82) is 0 Å². The Labute approximate surface area is 156 Å². The van der Waals surface area contributed by atoms with Crippen molar-refractivity contribution in [3.05, 3.63) is 47.9 Å². The lowest BCUT2D eigenvalue weighted by atomic mass is 9.97. The Balaban J connectivity index is 1.80. The van der Waals surface area contributed by atoms with Gasteiger partial charge in [0.15, 0.2) is 0 Å². The molecule has 0 bridgehead atoms. The van der Waals surface area contributed by atoms with Gasteiger partial charge in [-0.25, -0.2) is 4.98 Å². The molecule has 0 saturated carbocycles. The van der Waals surface area contributed by atoms with Gasteiger partial charge in [-0.3, -0.25) is 19.4 Å². The van der Waals surface area contributed by atoms with Crippen LogP contribution < -0.4 is 11.5 Å². The van der Waals surface area contributed by atoms with Crippen LogP contribution in [0.5, 0.6) is 0 Å². The van der Waals surface area contributed by atoms with Gasteiger partial charge in [0.2, 0.25) is 5.91 Å². The van der Waals surface area contributed by atoms with Gasteiger partial charge in [-0.2, -0.15) is 0 Å². The number of nitrogens with two attached hydrogens (primary N) is 2. The quantitative estimate of drug-likeness (QED) is 0.817. The molecule has 1 aliphatic rings. The number of piperidine rings is 1. The average molecular weight is 367 g/mol. The number of rotatable bonds is 5. The van der Waals surface area contributed by atoms with E-state index < -0.39 is 11.8 Å². The van der Waals surface area contributed by atoms with Gasteiger partial charge in [-0.05, 0) is 31.4 Å². The third-order valence-electron chi connectivity index (χ3n) is 4.64. The third kappa shape index (κ3) is 4.28. The monoisotopic (exact) mass is 367 g/mol. The number of aromatic nitrogens is 2. The van der Waals surface area contributed by atoms with E-state index in [2.05, 4.69) is 9.97 Å². The van der Waals surface area contributed by atoms with Crippen LogP contribution in [0.15, 0.2) is 36.7 Å². The molecule has 2 aromatic rings. The first kappa shape index (κ1) is 18.5. The van der Waals surface area contributed by atoms with Gasteiger partial charge in [0.1, 0.15) is 5.69 Å². The SMILES string of the molecule is NC(=O)C[C@@H]1CCCCN1C(=O)c1ccc(-c2cncc(C(N)=O)n2)cc1. The van der Waals surface area contributed by atoms with Crippen LogP contribution in [0.25, 0.3) is 11.3 Å². The van der Waals surface area contributed by atoms with E-state index in [0.717, 1.165) is 24.8 Å². The Morgan fingerprint density at radius 2 is 1.81 bits per heavy atom. The van der Waals surface area contributed by atoms with Crippen LogP contribution in [0, 0.1) is 0 Å². The molecule has 0 unspecified atom stereocenters. The summed E-state index contributed by atoms with van der Waals surface area (Å²) in [5, 5.41) is 0. The molecule has 1 fully saturated rings. The van der Waals surface area contributed by atoms with Crippen molar-refractivity contribution < 1.29 is 14.4 Å². The largest absolute Gasteiger partial charge is 0.370 e. The van der Waals surface area contributed by atoms with E-state index in [1.54, 1.807) is 29.2 Å². The molecule has 27 heavy (non-hydrogen) atoms. The molecule has 3 rings (SSSR count). The van der Waals surface area contributed by atoms with Crippen molar-refractivity contribution in [3.8, 4) is 11.3 Å². The normalized spacial score (nSPS) is 16.7. The summed E-state index contributed by atoms with van der Waals surface area (Å²) in [6.07, 6.45) is 5.68. The van der Waals surface area contributed by atoms with Crippen molar-refractivity contribution >= 4 is 17.7 Å². The molecule has 1 atom stereocenters. The second kappa shape index (κ2) is 7.94. The zero-order chi connectivity index (χ0) is 19.4. The Bertz CT molecular complexity index is 866. The Morgan fingerprint density at radius 3 is 2.48 bits per heavy atom. The lowest BCUT2D eigenvalue weighted by Gasteiger charge is -2.35. The molecule has 0 spiro atoms. The van der Waals surface area contributed by atoms with Crippen LogP contribution >= 0.6 is 0 Å². The third-order valence-corrected chi connectivity index (χ3v) is 4.64. The lowest BCUT2D eigenvalue weighted by Crippen LogP contribution is -2.45. The van der Waals surface area contributed by atoms with Crippen molar-refractivity contribution in [3.63, 3.8) is 0 Å². The van der Waals surface area contributed by atoms with Gasteiger partial charge in [0, 0.05) is 30.1 Å². The van der Waals surface area contributed by atoms with Crippen LogP contribution in [0.4, 0.5) is 0 Å². The second-order valence-electron chi connectivity index (χ2n) is 6.55. The molecule has 1 aromatic carbocycles. The number of hydrogen-bond donors (Lipinski definition) is 2. The fraction of sp³-hybridized carbons (Fsp3) is 0.316. The Kier molecular flexibility index (Phi) is 5.44. The summed E-state index contributed by atoms with van der Waals surface area (Å²) in [4.78, 5) is 45.3.